The van der Waals surface area contributed by atoms with Crippen LogP contribution in [0.2, 0.25) is 0 Å². The molecule has 0 aromatic carbocycles. The minimum atomic E-state index is -3.28. The van der Waals surface area contributed by atoms with Gasteiger partial charge in [0.05, 0.1) is 5.75 Å². The van der Waals surface area contributed by atoms with Gasteiger partial charge in [-0.1, -0.05) is 12.5 Å². The molecule has 0 aliphatic carbocycles. The quantitative estimate of drug-likeness (QED) is 0.789. The Balaban J connectivity index is 1.95. The zero-order valence-corrected chi connectivity index (χ0v) is 13.8. The fourth-order valence-corrected chi connectivity index (χ4v) is 4.08. The van der Waals surface area contributed by atoms with E-state index in [0.29, 0.717) is 19.6 Å². The molecule has 1 saturated heterocycles. The minimum absolute atomic E-state index is 0.0210. The van der Waals surface area contributed by atoms with Gasteiger partial charge in [0.15, 0.2) is 0 Å². The second-order valence-corrected chi connectivity index (χ2v) is 7.67. The number of nitrogens with zero attached hydrogens (tertiary/aromatic N) is 3. The van der Waals surface area contributed by atoms with Crippen LogP contribution in [0.25, 0.3) is 0 Å². The second kappa shape index (κ2) is 7.69. The topological polar surface area (TPSA) is 70.6 Å². The molecule has 6 nitrogen and oxygen atoms in total. The average molecular weight is 325 g/mol. The van der Waals surface area contributed by atoms with Crippen LogP contribution in [0.1, 0.15) is 31.7 Å². The number of pyridine rings is 1. The van der Waals surface area contributed by atoms with Crippen LogP contribution in [0.15, 0.2) is 24.5 Å². The predicted octanol–water partition coefficient (Wildman–Crippen LogP) is 1.25. The van der Waals surface area contributed by atoms with Gasteiger partial charge in [0, 0.05) is 45.5 Å². The number of hydrogen-bond acceptors (Lipinski definition) is 4. The van der Waals surface area contributed by atoms with Crippen molar-refractivity contribution in [1.82, 2.24) is 14.2 Å². The van der Waals surface area contributed by atoms with Gasteiger partial charge >= 0.3 is 0 Å². The Bertz CT molecular complexity index is 583. The second-order valence-electron chi connectivity index (χ2n) is 5.58. The fraction of sp³-hybridized carbons (Fsp3) is 0.600. The summed E-state index contributed by atoms with van der Waals surface area (Å²) in [6, 6.07) is 3.68. The zero-order valence-electron chi connectivity index (χ0n) is 12.9. The van der Waals surface area contributed by atoms with Gasteiger partial charge in [0.25, 0.3) is 0 Å². The molecule has 1 aromatic rings. The van der Waals surface area contributed by atoms with Crippen molar-refractivity contribution in [3.05, 3.63) is 30.1 Å². The van der Waals surface area contributed by atoms with E-state index in [1.54, 1.807) is 27.7 Å². The van der Waals surface area contributed by atoms with Crippen molar-refractivity contribution in [2.75, 3.05) is 25.4 Å². The molecule has 0 atom stereocenters. The molecule has 1 amide bonds. The SMILES string of the molecule is CC(=O)N(CCS(=O)(=O)N1CCCCC1)Cc1cccnc1. The first kappa shape index (κ1) is 16.9. The monoisotopic (exact) mass is 325 g/mol. The smallest absolute Gasteiger partial charge is 0.219 e. The third-order valence-electron chi connectivity index (χ3n) is 3.87. The molecule has 22 heavy (non-hydrogen) atoms. The highest BCUT2D eigenvalue weighted by atomic mass is 32.2. The number of aromatic nitrogens is 1. The van der Waals surface area contributed by atoms with E-state index in [9.17, 15) is 13.2 Å². The number of sulfonamides is 1. The summed E-state index contributed by atoms with van der Waals surface area (Å²) in [6.45, 7) is 3.27. The van der Waals surface area contributed by atoms with E-state index in [0.717, 1.165) is 24.8 Å². The van der Waals surface area contributed by atoms with E-state index in [1.807, 2.05) is 6.07 Å². The molecule has 1 aliphatic heterocycles. The highest BCUT2D eigenvalue weighted by Gasteiger charge is 2.25. The first-order valence-corrected chi connectivity index (χ1v) is 9.22. The maximum absolute atomic E-state index is 12.3. The number of amides is 1. The lowest BCUT2D eigenvalue weighted by Crippen LogP contribution is -2.41. The Morgan fingerprint density at radius 3 is 2.64 bits per heavy atom. The third kappa shape index (κ3) is 4.78. The van der Waals surface area contributed by atoms with Crippen LogP contribution in [0, 0.1) is 0 Å². The lowest BCUT2D eigenvalue weighted by atomic mass is 10.2. The number of piperidine rings is 1. The standard InChI is InChI=1S/C15H23N3O3S/c1-14(19)17(13-15-6-5-7-16-12-15)10-11-22(20,21)18-8-3-2-4-9-18/h5-7,12H,2-4,8-11,13H2,1H3. The number of carbonyl (C=O) groups is 1. The lowest BCUT2D eigenvalue weighted by molar-refractivity contribution is -0.129. The Labute approximate surface area is 132 Å². The van der Waals surface area contributed by atoms with Crippen LogP contribution in [-0.2, 0) is 21.4 Å². The summed E-state index contributed by atoms with van der Waals surface area (Å²) in [6.07, 6.45) is 6.29. The normalized spacial score (nSPS) is 16.4. The van der Waals surface area contributed by atoms with E-state index in [2.05, 4.69) is 4.98 Å². The molecular formula is C15H23N3O3S. The van der Waals surface area contributed by atoms with Gasteiger partial charge in [0.1, 0.15) is 0 Å². The van der Waals surface area contributed by atoms with Crippen molar-refractivity contribution in [2.24, 2.45) is 0 Å². The molecule has 1 aromatic heterocycles. The van der Waals surface area contributed by atoms with Gasteiger partial charge in [-0.2, -0.15) is 0 Å². The molecule has 0 spiro atoms. The number of rotatable bonds is 6. The average Bonchev–Trinajstić information content (AvgIpc) is 2.53. The maximum atomic E-state index is 12.3. The summed E-state index contributed by atoms with van der Waals surface area (Å²) in [5.41, 5.74) is 0.896. The van der Waals surface area contributed by atoms with E-state index in [1.165, 1.54) is 6.92 Å². The Kier molecular flexibility index (Phi) is 5.90. The van der Waals surface area contributed by atoms with Crippen LogP contribution in [0.4, 0.5) is 0 Å². The number of hydrogen-bond donors (Lipinski definition) is 0. The van der Waals surface area contributed by atoms with E-state index in [-0.39, 0.29) is 18.2 Å². The largest absolute Gasteiger partial charge is 0.337 e. The molecule has 0 N–H and O–H groups in total. The molecule has 1 aliphatic rings. The van der Waals surface area contributed by atoms with E-state index < -0.39 is 10.0 Å². The molecule has 122 valence electrons. The van der Waals surface area contributed by atoms with Crippen LogP contribution in [-0.4, -0.2) is 53.9 Å². The highest BCUT2D eigenvalue weighted by molar-refractivity contribution is 7.89. The van der Waals surface area contributed by atoms with E-state index >= 15 is 0 Å². The fourth-order valence-electron chi connectivity index (χ4n) is 2.56. The van der Waals surface area contributed by atoms with Gasteiger partial charge in [0.2, 0.25) is 15.9 Å². The van der Waals surface area contributed by atoms with Crippen molar-refractivity contribution < 1.29 is 13.2 Å². The molecule has 7 heteroatoms. The van der Waals surface area contributed by atoms with Crippen molar-refractivity contribution in [2.45, 2.75) is 32.7 Å². The minimum Gasteiger partial charge on any atom is -0.337 e. The van der Waals surface area contributed by atoms with Gasteiger partial charge in [-0.25, -0.2) is 12.7 Å². The molecule has 2 heterocycles. The van der Waals surface area contributed by atoms with Crippen LogP contribution in [0.3, 0.4) is 0 Å². The molecule has 0 bridgehead atoms. The van der Waals surface area contributed by atoms with Crippen molar-refractivity contribution >= 4 is 15.9 Å². The van der Waals surface area contributed by atoms with Crippen molar-refractivity contribution in [3.8, 4) is 0 Å². The van der Waals surface area contributed by atoms with Gasteiger partial charge < -0.3 is 4.90 Å². The summed E-state index contributed by atoms with van der Waals surface area (Å²) in [5.74, 6) is -0.148. The summed E-state index contributed by atoms with van der Waals surface area (Å²) in [4.78, 5) is 17.3. The van der Waals surface area contributed by atoms with Crippen molar-refractivity contribution in [3.63, 3.8) is 0 Å². The third-order valence-corrected chi connectivity index (χ3v) is 5.72. The first-order chi connectivity index (χ1) is 10.5. The molecular weight excluding hydrogens is 302 g/mol. The lowest BCUT2D eigenvalue weighted by Gasteiger charge is -2.27. The summed E-state index contributed by atoms with van der Waals surface area (Å²) in [7, 11) is -3.28. The Morgan fingerprint density at radius 2 is 2.05 bits per heavy atom. The zero-order chi connectivity index (χ0) is 16.0. The van der Waals surface area contributed by atoms with Crippen molar-refractivity contribution in [1.29, 1.82) is 0 Å². The Morgan fingerprint density at radius 1 is 1.32 bits per heavy atom. The molecule has 0 unspecified atom stereocenters. The van der Waals surface area contributed by atoms with Gasteiger partial charge in [-0.3, -0.25) is 9.78 Å². The summed E-state index contributed by atoms with van der Waals surface area (Å²) in [5, 5.41) is 0. The van der Waals surface area contributed by atoms with Gasteiger partial charge in [-0.15, -0.1) is 0 Å². The Hall–Kier alpha value is -1.47. The molecule has 2 rings (SSSR count). The van der Waals surface area contributed by atoms with Gasteiger partial charge in [-0.05, 0) is 24.5 Å². The van der Waals surface area contributed by atoms with E-state index in [4.69, 9.17) is 0 Å². The van der Waals surface area contributed by atoms with Crippen LogP contribution < -0.4 is 0 Å². The maximum Gasteiger partial charge on any atom is 0.219 e. The van der Waals surface area contributed by atoms with Crippen LogP contribution >= 0.6 is 0 Å². The summed E-state index contributed by atoms with van der Waals surface area (Å²) >= 11 is 0. The number of carbonyl (C=O) groups excluding carboxylic acids is 1. The highest BCUT2D eigenvalue weighted by Crippen LogP contribution is 2.14. The molecule has 0 saturated carbocycles. The molecule has 0 radical (unpaired) electrons. The predicted molar refractivity (Wildman–Crippen MR) is 84.5 cm³/mol. The summed E-state index contributed by atoms with van der Waals surface area (Å²) < 4.78 is 26.2. The van der Waals surface area contributed by atoms with Crippen LogP contribution in [0.5, 0.6) is 0 Å². The molecule has 1 fully saturated rings. The first-order valence-electron chi connectivity index (χ1n) is 7.61.